The van der Waals surface area contributed by atoms with E-state index in [1.165, 1.54) is 23.4 Å². The molecule has 124 valence electrons. The van der Waals surface area contributed by atoms with Gasteiger partial charge in [0.25, 0.3) is 0 Å². The van der Waals surface area contributed by atoms with Gasteiger partial charge in [-0.15, -0.1) is 11.3 Å². The van der Waals surface area contributed by atoms with Gasteiger partial charge in [-0.1, -0.05) is 17.8 Å². The predicted molar refractivity (Wildman–Crippen MR) is 99.8 cm³/mol. The van der Waals surface area contributed by atoms with Crippen molar-refractivity contribution in [3.05, 3.63) is 40.3 Å². The van der Waals surface area contributed by atoms with Gasteiger partial charge < -0.3 is 10.6 Å². The van der Waals surface area contributed by atoms with Crippen LogP contribution >= 0.6 is 23.1 Å². The molecule has 2 fully saturated rings. The second-order valence-electron chi connectivity index (χ2n) is 6.80. The average molecular weight is 358 g/mol. The van der Waals surface area contributed by atoms with Crippen molar-refractivity contribution in [3.8, 4) is 0 Å². The molecule has 4 heterocycles. The number of thioether (sulfide) groups is 1. The van der Waals surface area contributed by atoms with E-state index < -0.39 is 0 Å². The van der Waals surface area contributed by atoms with Crippen LogP contribution in [0.25, 0.3) is 0 Å². The molecule has 2 unspecified atom stereocenters. The minimum Gasteiger partial charge on any atom is -0.379 e. The topological polar surface area (TPSA) is 67.4 Å². The van der Waals surface area contributed by atoms with Crippen LogP contribution in [0.4, 0.5) is 5.95 Å². The number of thiophene rings is 1. The number of hydrogen-bond donors (Lipinski definition) is 1. The Hall–Kier alpha value is -1.60. The zero-order chi connectivity index (χ0) is 16.1. The fourth-order valence-electron chi connectivity index (χ4n) is 3.77. The molecular formula is C17H19N5S2. The molecule has 0 bridgehead atoms. The summed E-state index contributed by atoms with van der Waals surface area (Å²) in [5.74, 6) is 2.95. The van der Waals surface area contributed by atoms with Crippen LogP contribution in [0.1, 0.15) is 29.3 Å². The van der Waals surface area contributed by atoms with Crippen molar-refractivity contribution in [2.45, 2.75) is 24.3 Å². The summed E-state index contributed by atoms with van der Waals surface area (Å²) in [5.41, 5.74) is 7.06. The lowest BCUT2D eigenvalue weighted by molar-refractivity contribution is 0.395. The molecule has 1 aliphatic carbocycles. The molecule has 2 aromatic rings. The maximum atomic E-state index is 6.11. The number of nitrogens with two attached hydrogens (primary N) is 1. The molecule has 1 saturated carbocycles. The standard InChI is InChI=1S/C17H19N5S2/c18-15-21-17(14-2-1-7-23-14)10-22(8-12(17)9-24-15)16-19-6-5-13(20-16)11-3-4-11/h1-2,5-7,11-12H,3-4,8-10H2,(H2,18,21). The smallest absolute Gasteiger partial charge is 0.225 e. The van der Waals surface area contributed by atoms with Crippen LogP contribution in [0.15, 0.2) is 34.8 Å². The molecular weight excluding hydrogens is 338 g/mol. The lowest BCUT2D eigenvalue weighted by Gasteiger charge is -2.33. The normalized spacial score (nSPS) is 29.4. The van der Waals surface area contributed by atoms with Gasteiger partial charge in [0.15, 0.2) is 5.17 Å². The van der Waals surface area contributed by atoms with E-state index in [1.807, 2.05) is 6.20 Å². The molecule has 1 saturated heterocycles. The lowest BCUT2D eigenvalue weighted by atomic mass is 9.87. The second kappa shape index (κ2) is 5.46. The zero-order valence-corrected chi connectivity index (χ0v) is 14.9. The molecule has 2 atom stereocenters. The molecule has 3 aliphatic rings. The van der Waals surface area contributed by atoms with Crippen LogP contribution in [0.5, 0.6) is 0 Å². The van der Waals surface area contributed by atoms with Crippen molar-refractivity contribution in [1.82, 2.24) is 9.97 Å². The summed E-state index contributed by atoms with van der Waals surface area (Å²) in [6.45, 7) is 1.75. The Morgan fingerprint density at radius 3 is 3.00 bits per heavy atom. The van der Waals surface area contributed by atoms with E-state index in [2.05, 4.69) is 33.5 Å². The molecule has 5 rings (SSSR count). The van der Waals surface area contributed by atoms with Gasteiger partial charge in [-0.25, -0.2) is 15.0 Å². The molecule has 2 aliphatic heterocycles. The van der Waals surface area contributed by atoms with Gasteiger partial charge in [0.2, 0.25) is 5.95 Å². The molecule has 0 spiro atoms. The Kier molecular flexibility index (Phi) is 3.35. The van der Waals surface area contributed by atoms with Crippen molar-refractivity contribution in [2.75, 3.05) is 23.7 Å². The first kappa shape index (κ1) is 14.7. The fourth-order valence-corrected chi connectivity index (χ4v) is 5.69. The Morgan fingerprint density at radius 2 is 2.21 bits per heavy atom. The monoisotopic (exact) mass is 357 g/mol. The van der Waals surface area contributed by atoms with Gasteiger partial charge in [-0.2, -0.15) is 0 Å². The first-order chi connectivity index (χ1) is 11.7. The average Bonchev–Trinajstić information content (AvgIpc) is 3.15. The van der Waals surface area contributed by atoms with Crippen molar-refractivity contribution in [1.29, 1.82) is 0 Å². The number of anilines is 1. The summed E-state index contributed by atoms with van der Waals surface area (Å²) in [6.07, 6.45) is 4.42. The maximum Gasteiger partial charge on any atom is 0.225 e. The van der Waals surface area contributed by atoms with Crippen LogP contribution in [-0.4, -0.2) is 34.0 Å². The molecule has 5 nitrogen and oxygen atoms in total. The van der Waals surface area contributed by atoms with Gasteiger partial charge in [0.05, 0.1) is 6.54 Å². The van der Waals surface area contributed by atoms with E-state index in [0.717, 1.165) is 24.8 Å². The van der Waals surface area contributed by atoms with Gasteiger partial charge in [0, 0.05) is 40.9 Å². The number of nitrogens with zero attached hydrogens (tertiary/aromatic N) is 4. The van der Waals surface area contributed by atoms with Crippen molar-refractivity contribution in [3.63, 3.8) is 0 Å². The van der Waals surface area contributed by atoms with Crippen LogP contribution in [0, 0.1) is 5.92 Å². The zero-order valence-electron chi connectivity index (χ0n) is 13.3. The van der Waals surface area contributed by atoms with Crippen LogP contribution < -0.4 is 10.6 Å². The van der Waals surface area contributed by atoms with Gasteiger partial charge >= 0.3 is 0 Å². The Labute approximate surface area is 149 Å². The molecule has 0 aromatic carbocycles. The van der Waals surface area contributed by atoms with Gasteiger partial charge in [-0.3, -0.25) is 0 Å². The van der Waals surface area contributed by atoms with E-state index in [4.69, 9.17) is 15.7 Å². The summed E-state index contributed by atoms with van der Waals surface area (Å²) >= 11 is 3.45. The highest BCUT2D eigenvalue weighted by molar-refractivity contribution is 8.13. The second-order valence-corrected chi connectivity index (χ2v) is 8.78. The molecule has 24 heavy (non-hydrogen) atoms. The number of aromatic nitrogens is 2. The SMILES string of the molecule is NC1=NC2(c3cccs3)CN(c3nccc(C4CC4)n3)CC2CS1. The molecule has 7 heteroatoms. The van der Waals surface area contributed by atoms with Crippen LogP contribution in [0.2, 0.25) is 0 Å². The summed E-state index contributed by atoms with van der Waals surface area (Å²) < 4.78 is 0. The quantitative estimate of drug-likeness (QED) is 0.915. The summed E-state index contributed by atoms with van der Waals surface area (Å²) in [7, 11) is 0. The summed E-state index contributed by atoms with van der Waals surface area (Å²) in [4.78, 5) is 17.9. The highest BCUT2D eigenvalue weighted by atomic mass is 32.2. The fraction of sp³-hybridized carbons (Fsp3) is 0.471. The Balaban J connectivity index is 1.52. The largest absolute Gasteiger partial charge is 0.379 e. The maximum absolute atomic E-state index is 6.11. The summed E-state index contributed by atoms with van der Waals surface area (Å²) in [5, 5.41) is 2.83. The summed E-state index contributed by atoms with van der Waals surface area (Å²) in [6, 6.07) is 6.35. The van der Waals surface area contributed by atoms with Crippen LogP contribution in [0.3, 0.4) is 0 Å². The Morgan fingerprint density at radius 1 is 1.29 bits per heavy atom. The first-order valence-electron chi connectivity index (χ1n) is 8.34. The predicted octanol–water partition coefficient (Wildman–Crippen LogP) is 2.81. The number of rotatable bonds is 3. The van der Waals surface area contributed by atoms with E-state index in [-0.39, 0.29) is 5.54 Å². The van der Waals surface area contributed by atoms with E-state index in [0.29, 0.717) is 17.0 Å². The number of aliphatic imine (C=N–C) groups is 1. The molecule has 0 radical (unpaired) electrons. The molecule has 2 N–H and O–H groups in total. The minimum atomic E-state index is -0.234. The third-order valence-electron chi connectivity index (χ3n) is 5.18. The van der Waals surface area contributed by atoms with Crippen molar-refractivity contribution >= 4 is 34.2 Å². The van der Waals surface area contributed by atoms with Crippen molar-refractivity contribution < 1.29 is 0 Å². The highest BCUT2D eigenvalue weighted by Crippen LogP contribution is 2.47. The first-order valence-corrected chi connectivity index (χ1v) is 10.2. The van der Waals surface area contributed by atoms with Crippen LogP contribution in [-0.2, 0) is 5.54 Å². The van der Waals surface area contributed by atoms with Crippen molar-refractivity contribution in [2.24, 2.45) is 16.6 Å². The van der Waals surface area contributed by atoms with Gasteiger partial charge in [-0.05, 0) is 30.4 Å². The molecule has 2 aromatic heterocycles. The Bertz CT molecular complexity index is 786. The van der Waals surface area contributed by atoms with Gasteiger partial charge in [0.1, 0.15) is 5.54 Å². The third-order valence-corrected chi connectivity index (χ3v) is 7.17. The van der Waals surface area contributed by atoms with E-state index in [9.17, 15) is 0 Å². The third kappa shape index (κ3) is 2.33. The minimum absolute atomic E-state index is 0.234. The number of amidine groups is 1. The lowest BCUT2D eigenvalue weighted by Crippen LogP contribution is -2.39. The molecule has 0 amide bonds. The highest BCUT2D eigenvalue weighted by Gasteiger charge is 2.51. The van der Waals surface area contributed by atoms with E-state index in [1.54, 1.807) is 23.1 Å². The number of fused-ring (bicyclic) bond motifs is 1. The van der Waals surface area contributed by atoms with E-state index >= 15 is 0 Å². The number of hydrogen-bond acceptors (Lipinski definition) is 7.